The Bertz CT molecular complexity index is 2170. The van der Waals surface area contributed by atoms with Crippen molar-refractivity contribution in [2.45, 2.75) is 145 Å². The van der Waals surface area contributed by atoms with Gasteiger partial charge in [-0.3, -0.25) is 19.1 Å². The van der Waals surface area contributed by atoms with Crippen LogP contribution in [0.2, 0.25) is 0 Å². The zero-order chi connectivity index (χ0) is 43.3. The van der Waals surface area contributed by atoms with Crippen LogP contribution in [-0.2, 0) is 35.3 Å². The molecule has 0 bridgehead atoms. The van der Waals surface area contributed by atoms with Crippen LogP contribution in [-0.4, -0.2) is 94.3 Å². The van der Waals surface area contributed by atoms with E-state index < -0.39 is 116 Å². The van der Waals surface area contributed by atoms with Crippen molar-refractivity contribution in [3.63, 3.8) is 0 Å². The van der Waals surface area contributed by atoms with Gasteiger partial charge in [-0.05, 0) is 79.2 Å². The van der Waals surface area contributed by atoms with E-state index in [1.54, 1.807) is 26.0 Å². The van der Waals surface area contributed by atoms with Crippen LogP contribution in [0.4, 0.5) is 22.4 Å². The average Bonchev–Trinajstić information content (AvgIpc) is 3.84. The normalized spacial score (nSPS) is 29.3. The van der Waals surface area contributed by atoms with E-state index in [-0.39, 0.29) is 29.8 Å². The van der Waals surface area contributed by atoms with Gasteiger partial charge in [0, 0.05) is 18.9 Å². The number of alkyl carbamates (subject to hydrolysis) is 1. The molecule has 20 heteroatoms. The Hall–Kier alpha value is -4.75. The van der Waals surface area contributed by atoms with Crippen LogP contribution in [0.1, 0.15) is 116 Å². The molecule has 3 aliphatic heterocycles. The molecule has 4 aliphatic rings. The van der Waals surface area contributed by atoms with Gasteiger partial charge in [0.25, 0.3) is 5.91 Å². The summed E-state index contributed by atoms with van der Waals surface area (Å²) in [4.78, 5) is 65.5. The first-order valence-electron chi connectivity index (χ1n) is 19.6. The molecule has 15 nitrogen and oxygen atoms in total. The van der Waals surface area contributed by atoms with Gasteiger partial charge in [0.15, 0.2) is 11.4 Å². The Morgan fingerprint density at radius 1 is 1.07 bits per heavy atom. The number of carbonyl (C=O) groups is 4. The van der Waals surface area contributed by atoms with Gasteiger partial charge in [0.05, 0.1) is 35.6 Å². The number of hydrogen-bond donors (Lipinski definition) is 3. The number of hydrogen-bond acceptors (Lipinski definition) is 11. The Kier molecular flexibility index (Phi) is 11.7. The molecule has 2 unspecified atom stereocenters. The van der Waals surface area contributed by atoms with Gasteiger partial charge in [-0.1, -0.05) is 25.0 Å². The number of ether oxygens (including phenoxy) is 3. The summed E-state index contributed by atoms with van der Waals surface area (Å²) in [5.41, 5.74) is -8.62. The molecular formula is C39H50F4N6O9S. The van der Waals surface area contributed by atoms with Crippen LogP contribution in [0.5, 0.6) is 11.6 Å². The molecule has 5 heterocycles. The molecule has 1 spiro atoms. The second-order valence-electron chi connectivity index (χ2n) is 16.9. The summed E-state index contributed by atoms with van der Waals surface area (Å²) in [7, 11) is -2.90. The highest BCUT2D eigenvalue weighted by atomic mass is 32.2. The molecule has 1 saturated heterocycles. The first-order chi connectivity index (χ1) is 27.5. The SMILES string of the molecule is COc1ccc2nc(C(F)(F)F)c3c(c2n1)[C@@H](F)C[C@@]1(CN2C(=O)C(NC(=O)OC(C)C)CCCCC/C=C\C[C@](C)(C(=O)NS(=O)(=O)C4(C)CC4)NC(=O)C2(C)C1)O3. The van der Waals surface area contributed by atoms with E-state index in [0.29, 0.717) is 38.5 Å². The molecule has 59 heavy (non-hydrogen) atoms. The number of aromatic nitrogens is 2. The lowest BCUT2D eigenvalue weighted by Crippen LogP contribution is -2.65. The first-order valence-corrected chi connectivity index (χ1v) is 21.1. The predicted molar refractivity (Wildman–Crippen MR) is 204 cm³/mol. The van der Waals surface area contributed by atoms with E-state index in [2.05, 4.69) is 25.3 Å². The number of fused-ring (bicyclic) bond motifs is 4. The summed E-state index contributed by atoms with van der Waals surface area (Å²) in [6.45, 7) is 6.67. The molecule has 0 aromatic carbocycles. The minimum atomic E-state index is -5.15. The molecule has 1 aliphatic carbocycles. The third-order valence-electron chi connectivity index (χ3n) is 11.6. The van der Waals surface area contributed by atoms with Gasteiger partial charge >= 0.3 is 12.3 Å². The number of halogens is 4. The van der Waals surface area contributed by atoms with Gasteiger partial charge in [-0.2, -0.15) is 13.2 Å². The van der Waals surface area contributed by atoms with Crippen molar-refractivity contribution >= 4 is 44.9 Å². The van der Waals surface area contributed by atoms with Crippen LogP contribution in [0.15, 0.2) is 24.3 Å². The maximum absolute atomic E-state index is 16.8. The lowest BCUT2D eigenvalue weighted by atomic mass is 9.82. The third kappa shape index (κ3) is 8.64. The fourth-order valence-corrected chi connectivity index (χ4v) is 9.29. The predicted octanol–water partition coefficient (Wildman–Crippen LogP) is 5.47. The monoisotopic (exact) mass is 854 g/mol. The van der Waals surface area contributed by atoms with Crippen molar-refractivity contribution in [3.8, 4) is 11.6 Å². The maximum Gasteiger partial charge on any atom is 0.437 e. The van der Waals surface area contributed by atoms with E-state index in [1.807, 2.05) is 0 Å². The molecule has 3 N–H and O–H groups in total. The van der Waals surface area contributed by atoms with E-state index in [9.17, 15) is 40.8 Å². The largest absolute Gasteiger partial charge is 0.482 e. The first kappa shape index (κ1) is 43.8. The highest BCUT2D eigenvalue weighted by molar-refractivity contribution is 7.91. The van der Waals surface area contributed by atoms with Crippen molar-refractivity contribution in [3.05, 3.63) is 35.5 Å². The zero-order valence-corrected chi connectivity index (χ0v) is 34.6. The van der Waals surface area contributed by atoms with Crippen LogP contribution >= 0.6 is 0 Å². The third-order valence-corrected chi connectivity index (χ3v) is 13.8. The topological polar surface area (TPSA) is 195 Å². The number of pyridine rings is 2. The summed E-state index contributed by atoms with van der Waals surface area (Å²) >= 11 is 0. The summed E-state index contributed by atoms with van der Waals surface area (Å²) in [6, 6.07) is 1.18. The smallest absolute Gasteiger partial charge is 0.437 e. The van der Waals surface area contributed by atoms with E-state index in [1.165, 1.54) is 40.0 Å². The second kappa shape index (κ2) is 15.7. The Balaban J connectivity index is 1.46. The van der Waals surface area contributed by atoms with E-state index in [4.69, 9.17) is 14.2 Å². The summed E-state index contributed by atoms with van der Waals surface area (Å²) in [5, 5.41) is 5.23. The molecule has 2 aromatic heterocycles. The summed E-state index contributed by atoms with van der Waals surface area (Å²) in [6.07, 6.45) is -3.94. The number of methoxy groups -OCH3 is 1. The molecule has 2 fully saturated rings. The van der Waals surface area contributed by atoms with E-state index >= 15 is 4.39 Å². The Morgan fingerprint density at radius 3 is 2.42 bits per heavy atom. The molecule has 324 valence electrons. The molecule has 1 saturated carbocycles. The number of carbonyl (C=O) groups excluding carboxylic acids is 4. The molecule has 5 atom stereocenters. The van der Waals surface area contributed by atoms with Crippen LogP contribution < -0.4 is 24.8 Å². The average molecular weight is 855 g/mol. The molecule has 4 amide bonds. The number of alkyl halides is 4. The second-order valence-corrected chi connectivity index (χ2v) is 19.1. The molecule has 2 aromatic rings. The number of rotatable bonds is 6. The van der Waals surface area contributed by atoms with Crippen LogP contribution in [0.25, 0.3) is 11.0 Å². The fourth-order valence-electron chi connectivity index (χ4n) is 7.93. The van der Waals surface area contributed by atoms with Gasteiger partial charge in [-0.15, -0.1) is 0 Å². The molecular weight excluding hydrogens is 805 g/mol. The maximum atomic E-state index is 16.8. The highest BCUT2D eigenvalue weighted by Crippen LogP contribution is 2.54. The minimum absolute atomic E-state index is 0.0224. The van der Waals surface area contributed by atoms with Crippen LogP contribution in [0.3, 0.4) is 0 Å². The van der Waals surface area contributed by atoms with Gasteiger partial charge < -0.3 is 29.7 Å². The summed E-state index contributed by atoms with van der Waals surface area (Å²) < 4.78 is 105. The van der Waals surface area contributed by atoms with E-state index in [0.717, 1.165) is 4.90 Å². The molecule has 6 rings (SSSR count). The molecule has 0 radical (unpaired) electrons. The van der Waals surface area contributed by atoms with Gasteiger partial charge in [0.1, 0.15) is 34.4 Å². The van der Waals surface area contributed by atoms with Gasteiger partial charge in [-0.25, -0.2) is 27.6 Å². The summed E-state index contributed by atoms with van der Waals surface area (Å²) in [5.74, 6) is -3.89. The quantitative estimate of drug-likeness (QED) is 0.247. The van der Waals surface area contributed by atoms with Crippen molar-refractivity contribution in [1.82, 2.24) is 30.2 Å². The van der Waals surface area contributed by atoms with Crippen molar-refractivity contribution in [2.75, 3.05) is 13.7 Å². The number of amides is 4. The lowest BCUT2D eigenvalue weighted by molar-refractivity contribution is -0.147. The Labute approximate surface area is 339 Å². The van der Waals surface area contributed by atoms with Gasteiger partial charge in [0.2, 0.25) is 27.7 Å². The fraction of sp³-hybridized carbons (Fsp3) is 0.641. The zero-order valence-electron chi connectivity index (χ0n) is 33.8. The number of nitrogens with one attached hydrogen (secondary N) is 3. The number of sulfonamides is 1. The number of allylic oxidation sites excluding steroid dienone is 1. The standard InChI is InChI=1S/C39H50F4N6O9S/c1-22(2)57-34(53)45-25-13-11-9-7-8-10-12-16-36(4,32(51)48-59(54,55)35(3)17-18-35)47-33(52)37(5)20-38(21-49(37)31(25)50)19-23(40)27-28-24(14-15-26(46-28)56-6)44-30(29(27)58-38)39(41,42)43/h10,12,14-15,22-23,25H,7-9,11,13,16-21H2,1-6H3,(H,45,53)(H,47,52)(H,48,51)/b12-10-/t23-,25?,36+,37?,38+/m0/s1. The lowest BCUT2D eigenvalue weighted by Gasteiger charge is -2.39. The van der Waals surface area contributed by atoms with Crippen molar-refractivity contribution in [2.24, 2.45) is 0 Å². The highest BCUT2D eigenvalue weighted by Gasteiger charge is 2.63. The van der Waals surface area contributed by atoms with Crippen molar-refractivity contribution < 1.29 is 59.4 Å². The number of nitrogens with zero attached hydrogens (tertiary/aromatic N) is 3. The van der Waals surface area contributed by atoms with Crippen molar-refractivity contribution in [1.29, 1.82) is 0 Å². The Morgan fingerprint density at radius 2 is 1.78 bits per heavy atom. The minimum Gasteiger partial charge on any atom is -0.482 e. The van der Waals surface area contributed by atoms with Crippen LogP contribution in [0, 0.1) is 0 Å².